The van der Waals surface area contributed by atoms with Crippen LogP contribution < -0.4 is 10.2 Å². The van der Waals surface area contributed by atoms with Gasteiger partial charge in [0.25, 0.3) is 5.91 Å². The third-order valence-electron chi connectivity index (χ3n) is 2.47. The number of thioether (sulfide) groups is 1. The molecule has 1 amide bonds. The number of nitrogens with zero attached hydrogens (tertiary/aromatic N) is 3. The lowest BCUT2D eigenvalue weighted by atomic mass is 10.2. The number of ether oxygens (including phenoxy) is 1. The van der Waals surface area contributed by atoms with Crippen LogP contribution in [0.4, 0.5) is 0 Å². The van der Waals surface area contributed by atoms with E-state index in [0.717, 1.165) is 9.35 Å². The van der Waals surface area contributed by atoms with Gasteiger partial charge in [0.2, 0.25) is 5.90 Å². The lowest BCUT2D eigenvalue weighted by Crippen LogP contribution is -2.18. The molecule has 1 aliphatic heterocycles. The number of carbonyl (C=O) groups is 1. The van der Waals surface area contributed by atoms with Crippen molar-refractivity contribution < 1.29 is 9.53 Å². The van der Waals surface area contributed by atoms with Crippen molar-refractivity contribution in [2.75, 3.05) is 5.75 Å². The van der Waals surface area contributed by atoms with Crippen molar-refractivity contribution in [3.05, 3.63) is 34.8 Å². The average Bonchev–Trinajstić information content (AvgIpc) is 2.80. The molecule has 0 saturated carbocycles. The number of aryl methyl sites for hydroxylation is 1. The summed E-state index contributed by atoms with van der Waals surface area (Å²) >= 11 is 2.98. The Hall–Kier alpha value is -1.93. The summed E-state index contributed by atoms with van der Waals surface area (Å²) in [4.78, 5) is 11.8. The van der Waals surface area contributed by atoms with Crippen LogP contribution in [0, 0.1) is 6.92 Å². The molecule has 6 nitrogen and oxygen atoms in total. The number of nitrogens with one attached hydrogen (secondary N) is 1. The predicted octanol–water partition coefficient (Wildman–Crippen LogP) is 2.07. The van der Waals surface area contributed by atoms with Crippen LogP contribution in [0.5, 0.6) is 5.75 Å². The van der Waals surface area contributed by atoms with Crippen LogP contribution in [0.2, 0.25) is 0 Å². The summed E-state index contributed by atoms with van der Waals surface area (Å²) in [5, 5.41) is 12.8. The molecule has 1 aromatic heterocycles. The van der Waals surface area contributed by atoms with Gasteiger partial charge in [0.15, 0.2) is 4.34 Å². The minimum atomic E-state index is -0.271. The molecule has 2 aromatic rings. The van der Waals surface area contributed by atoms with Gasteiger partial charge in [-0.2, -0.15) is 0 Å². The van der Waals surface area contributed by atoms with Crippen molar-refractivity contribution in [1.82, 2.24) is 15.6 Å². The van der Waals surface area contributed by atoms with E-state index in [1.165, 1.54) is 23.1 Å². The molecule has 0 bridgehead atoms. The number of benzene rings is 1. The van der Waals surface area contributed by atoms with Crippen LogP contribution in [-0.4, -0.2) is 27.8 Å². The minimum Gasteiger partial charge on any atom is -0.440 e. The Morgan fingerprint density at radius 1 is 1.35 bits per heavy atom. The maximum Gasteiger partial charge on any atom is 0.275 e. The first-order valence-electron chi connectivity index (χ1n) is 5.79. The number of carbonyl (C=O) groups excluding carboxylic acids is 1. The first-order valence-corrected chi connectivity index (χ1v) is 7.59. The second kappa shape index (κ2) is 5.59. The number of hydrogen-bond acceptors (Lipinski definition) is 7. The van der Waals surface area contributed by atoms with Gasteiger partial charge in [-0.3, -0.25) is 4.79 Å². The summed E-state index contributed by atoms with van der Waals surface area (Å²) < 4.78 is 6.50. The highest BCUT2D eigenvalue weighted by Crippen LogP contribution is 2.24. The van der Waals surface area contributed by atoms with Crippen molar-refractivity contribution >= 4 is 34.9 Å². The molecular formula is C12H10N4O2S2. The molecule has 102 valence electrons. The zero-order valence-electron chi connectivity index (χ0n) is 10.5. The van der Waals surface area contributed by atoms with Crippen molar-refractivity contribution in [3.63, 3.8) is 0 Å². The van der Waals surface area contributed by atoms with Gasteiger partial charge in [-0.15, -0.1) is 15.3 Å². The summed E-state index contributed by atoms with van der Waals surface area (Å²) in [5.41, 5.74) is 2.95. The Morgan fingerprint density at radius 3 is 3.00 bits per heavy atom. The maximum absolute atomic E-state index is 11.8. The Balaban J connectivity index is 1.73. The first kappa shape index (κ1) is 13.1. The number of rotatable bonds is 3. The van der Waals surface area contributed by atoms with Gasteiger partial charge >= 0.3 is 0 Å². The molecule has 1 aromatic carbocycles. The average molecular weight is 306 g/mol. The van der Waals surface area contributed by atoms with E-state index in [1.54, 1.807) is 18.2 Å². The van der Waals surface area contributed by atoms with E-state index in [1.807, 2.05) is 13.0 Å². The summed E-state index contributed by atoms with van der Waals surface area (Å²) in [6.45, 7) is 1.90. The summed E-state index contributed by atoms with van der Waals surface area (Å²) in [6.07, 6.45) is 0. The van der Waals surface area contributed by atoms with E-state index in [4.69, 9.17) is 4.74 Å². The van der Waals surface area contributed by atoms with E-state index < -0.39 is 0 Å². The molecule has 8 heteroatoms. The maximum atomic E-state index is 11.8. The molecule has 0 unspecified atom stereocenters. The fourth-order valence-corrected chi connectivity index (χ4v) is 3.25. The SMILES string of the molecule is Cc1nnc(SCC2=NNC(=O)c3ccccc3O2)s1. The molecule has 1 N–H and O–H groups in total. The monoisotopic (exact) mass is 306 g/mol. The molecule has 3 rings (SSSR count). The highest BCUT2D eigenvalue weighted by Gasteiger charge is 2.18. The largest absolute Gasteiger partial charge is 0.440 e. The molecule has 0 fully saturated rings. The normalized spacial score (nSPS) is 13.8. The van der Waals surface area contributed by atoms with Crippen LogP contribution in [0.15, 0.2) is 33.7 Å². The molecule has 0 radical (unpaired) electrons. The molecule has 0 spiro atoms. The third-order valence-corrected chi connectivity index (χ3v) is 4.42. The topological polar surface area (TPSA) is 76.5 Å². The molecule has 1 aliphatic rings. The van der Waals surface area contributed by atoms with Gasteiger partial charge in [-0.25, -0.2) is 5.43 Å². The van der Waals surface area contributed by atoms with Gasteiger partial charge in [0.05, 0.1) is 11.3 Å². The Bertz CT molecular complexity index is 684. The van der Waals surface area contributed by atoms with E-state index >= 15 is 0 Å². The zero-order valence-corrected chi connectivity index (χ0v) is 12.1. The van der Waals surface area contributed by atoms with Gasteiger partial charge in [0, 0.05) is 0 Å². The van der Waals surface area contributed by atoms with Crippen molar-refractivity contribution in [2.24, 2.45) is 5.10 Å². The van der Waals surface area contributed by atoms with Crippen LogP contribution in [0.3, 0.4) is 0 Å². The Morgan fingerprint density at radius 2 is 2.20 bits per heavy atom. The molecule has 0 atom stereocenters. The second-order valence-corrected chi connectivity index (χ2v) is 6.32. The van der Waals surface area contributed by atoms with Crippen molar-refractivity contribution in [1.29, 1.82) is 0 Å². The lowest BCUT2D eigenvalue weighted by molar-refractivity contribution is 0.0955. The molecule has 2 heterocycles. The number of para-hydroxylation sites is 1. The number of aromatic nitrogens is 2. The lowest BCUT2D eigenvalue weighted by Gasteiger charge is -2.06. The summed E-state index contributed by atoms with van der Waals surface area (Å²) in [6, 6.07) is 7.04. The second-order valence-electron chi connectivity index (χ2n) is 3.92. The number of hydrogen-bond donors (Lipinski definition) is 1. The molecule has 20 heavy (non-hydrogen) atoms. The summed E-state index contributed by atoms with van der Waals surface area (Å²) in [5.74, 6) is 1.15. The van der Waals surface area contributed by atoms with E-state index in [2.05, 4.69) is 20.7 Å². The highest BCUT2D eigenvalue weighted by atomic mass is 32.2. The third kappa shape index (κ3) is 2.81. The minimum absolute atomic E-state index is 0.271. The van der Waals surface area contributed by atoms with Crippen LogP contribution in [0.1, 0.15) is 15.4 Å². The fourth-order valence-electron chi connectivity index (χ4n) is 1.59. The number of hydrazone groups is 1. The quantitative estimate of drug-likeness (QED) is 0.879. The smallest absolute Gasteiger partial charge is 0.275 e. The first-order chi connectivity index (χ1) is 9.72. The summed E-state index contributed by atoms with van der Waals surface area (Å²) in [7, 11) is 0. The van der Waals surface area contributed by atoms with E-state index in [-0.39, 0.29) is 5.91 Å². The van der Waals surface area contributed by atoms with Crippen molar-refractivity contribution in [2.45, 2.75) is 11.3 Å². The fraction of sp³-hybridized carbons (Fsp3) is 0.167. The number of fused-ring (bicyclic) bond motifs is 1. The standard InChI is InChI=1S/C12H10N4O2S2/c1-7-13-16-12(20-7)19-6-10-14-15-11(17)8-4-2-3-5-9(8)18-10/h2-5H,6H2,1H3,(H,15,17). The molecule has 0 saturated heterocycles. The van der Waals surface area contributed by atoms with E-state index in [9.17, 15) is 4.79 Å². The van der Waals surface area contributed by atoms with Gasteiger partial charge in [-0.1, -0.05) is 35.2 Å². The van der Waals surface area contributed by atoms with Gasteiger partial charge in [0.1, 0.15) is 10.8 Å². The van der Waals surface area contributed by atoms with E-state index in [0.29, 0.717) is 23.0 Å². The zero-order chi connectivity index (χ0) is 13.9. The van der Waals surface area contributed by atoms with Gasteiger partial charge < -0.3 is 4.74 Å². The van der Waals surface area contributed by atoms with Crippen LogP contribution in [0.25, 0.3) is 0 Å². The predicted molar refractivity (Wildman–Crippen MR) is 77.3 cm³/mol. The Labute approximate surface area is 123 Å². The van der Waals surface area contributed by atoms with Gasteiger partial charge in [-0.05, 0) is 19.1 Å². The molecular weight excluding hydrogens is 296 g/mol. The highest BCUT2D eigenvalue weighted by molar-refractivity contribution is 8.01. The Kier molecular flexibility index (Phi) is 3.66. The number of amides is 1. The van der Waals surface area contributed by atoms with Crippen molar-refractivity contribution in [3.8, 4) is 5.75 Å². The van der Waals surface area contributed by atoms with Crippen LogP contribution in [-0.2, 0) is 0 Å². The van der Waals surface area contributed by atoms with Crippen LogP contribution >= 0.6 is 23.1 Å². The molecule has 0 aliphatic carbocycles.